The predicted molar refractivity (Wildman–Crippen MR) is 73.5 cm³/mol. The normalized spacial score (nSPS) is 23.7. The molecule has 3 nitrogen and oxygen atoms in total. The summed E-state index contributed by atoms with van der Waals surface area (Å²) in [6.45, 7) is 2.07. The maximum Gasteiger partial charge on any atom is 0.251 e. The molecule has 2 unspecified atom stereocenters. The maximum absolute atomic E-state index is 12.3. The molecule has 3 N–H and O–H groups in total. The van der Waals surface area contributed by atoms with Crippen molar-refractivity contribution in [2.75, 3.05) is 0 Å². The van der Waals surface area contributed by atoms with Gasteiger partial charge in [-0.1, -0.05) is 38.0 Å². The van der Waals surface area contributed by atoms with Crippen LogP contribution in [0.4, 0.5) is 0 Å². The highest BCUT2D eigenvalue weighted by molar-refractivity contribution is 5.95. The first-order chi connectivity index (χ1) is 8.72. The largest absolute Gasteiger partial charge is 0.348 e. The van der Waals surface area contributed by atoms with Crippen LogP contribution in [0.1, 0.15) is 48.5 Å². The monoisotopic (exact) mass is 246 g/mol. The van der Waals surface area contributed by atoms with Gasteiger partial charge in [-0.2, -0.15) is 0 Å². The maximum atomic E-state index is 12.3. The van der Waals surface area contributed by atoms with Crippen molar-refractivity contribution in [3.8, 4) is 0 Å². The molecule has 0 radical (unpaired) electrons. The molecular formula is C15H22N2O. The van der Waals surface area contributed by atoms with Gasteiger partial charge in [0.1, 0.15) is 0 Å². The van der Waals surface area contributed by atoms with Crippen molar-refractivity contribution in [2.45, 2.75) is 51.1 Å². The minimum atomic E-state index is 0.0230. The van der Waals surface area contributed by atoms with Gasteiger partial charge in [0.2, 0.25) is 0 Å². The van der Waals surface area contributed by atoms with Crippen LogP contribution in [0.3, 0.4) is 0 Å². The molecule has 0 aliphatic heterocycles. The lowest BCUT2D eigenvalue weighted by Gasteiger charge is -2.29. The molecule has 18 heavy (non-hydrogen) atoms. The van der Waals surface area contributed by atoms with Crippen LogP contribution in [0.2, 0.25) is 0 Å². The van der Waals surface area contributed by atoms with Gasteiger partial charge in [0, 0.05) is 17.6 Å². The average Bonchev–Trinajstić information content (AvgIpc) is 2.41. The summed E-state index contributed by atoms with van der Waals surface area (Å²) < 4.78 is 0. The van der Waals surface area contributed by atoms with E-state index in [9.17, 15) is 4.79 Å². The Labute approximate surface area is 109 Å². The van der Waals surface area contributed by atoms with E-state index in [-0.39, 0.29) is 18.0 Å². The number of carbonyl (C=O) groups excluding carboxylic acids is 1. The van der Waals surface area contributed by atoms with Gasteiger partial charge < -0.3 is 11.1 Å². The summed E-state index contributed by atoms with van der Waals surface area (Å²) in [5, 5.41) is 3.10. The summed E-state index contributed by atoms with van der Waals surface area (Å²) in [6.07, 6.45) is 5.23. The van der Waals surface area contributed by atoms with Gasteiger partial charge in [-0.15, -0.1) is 0 Å². The van der Waals surface area contributed by atoms with Crippen LogP contribution in [0.5, 0.6) is 0 Å². The Balaban J connectivity index is 2.07. The second-order valence-corrected chi connectivity index (χ2v) is 5.04. The summed E-state index contributed by atoms with van der Waals surface area (Å²) in [7, 11) is 0. The van der Waals surface area contributed by atoms with Crippen LogP contribution < -0.4 is 11.1 Å². The third kappa shape index (κ3) is 2.91. The van der Waals surface area contributed by atoms with Crippen LogP contribution in [-0.2, 0) is 6.42 Å². The zero-order chi connectivity index (χ0) is 13.0. The fourth-order valence-corrected chi connectivity index (χ4v) is 2.64. The summed E-state index contributed by atoms with van der Waals surface area (Å²) in [4.78, 5) is 12.3. The predicted octanol–water partition coefficient (Wildman–Crippen LogP) is 2.25. The van der Waals surface area contributed by atoms with E-state index in [1.165, 1.54) is 6.42 Å². The zero-order valence-corrected chi connectivity index (χ0v) is 11.0. The molecule has 1 aliphatic carbocycles. The number of nitrogens with two attached hydrogens (primary N) is 1. The fraction of sp³-hybridized carbons (Fsp3) is 0.533. The molecule has 0 saturated heterocycles. The van der Waals surface area contributed by atoms with Crippen LogP contribution in [-0.4, -0.2) is 18.0 Å². The molecule has 2 atom stereocenters. The Hall–Kier alpha value is -1.35. The van der Waals surface area contributed by atoms with Crippen molar-refractivity contribution in [1.29, 1.82) is 0 Å². The number of nitrogens with one attached hydrogen (secondary N) is 1. The van der Waals surface area contributed by atoms with E-state index in [0.717, 1.165) is 36.8 Å². The topological polar surface area (TPSA) is 55.1 Å². The van der Waals surface area contributed by atoms with Crippen molar-refractivity contribution in [2.24, 2.45) is 5.73 Å². The number of hydrogen-bond acceptors (Lipinski definition) is 2. The van der Waals surface area contributed by atoms with Crippen molar-refractivity contribution in [3.05, 3.63) is 35.4 Å². The summed E-state index contributed by atoms with van der Waals surface area (Å²) >= 11 is 0. The van der Waals surface area contributed by atoms with Crippen LogP contribution in [0.25, 0.3) is 0 Å². The molecule has 0 spiro atoms. The highest BCUT2D eigenvalue weighted by Crippen LogP contribution is 2.18. The second-order valence-electron chi connectivity index (χ2n) is 5.04. The number of amides is 1. The third-order valence-electron chi connectivity index (χ3n) is 3.78. The van der Waals surface area contributed by atoms with Gasteiger partial charge in [-0.05, 0) is 30.9 Å². The first-order valence-corrected chi connectivity index (χ1v) is 6.86. The number of hydrogen-bond donors (Lipinski definition) is 2. The smallest absolute Gasteiger partial charge is 0.251 e. The van der Waals surface area contributed by atoms with Gasteiger partial charge in [-0.3, -0.25) is 4.79 Å². The zero-order valence-electron chi connectivity index (χ0n) is 11.0. The van der Waals surface area contributed by atoms with Crippen molar-refractivity contribution in [1.82, 2.24) is 5.32 Å². The molecule has 1 amide bonds. The fourth-order valence-electron chi connectivity index (χ4n) is 2.64. The molecule has 1 aromatic rings. The lowest BCUT2D eigenvalue weighted by Crippen LogP contribution is -2.49. The minimum Gasteiger partial charge on any atom is -0.348 e. The quantitative estimate of drug-likeness (QED) is 0.859. The summed E-state index contributed by atoms with van der Waals surface area (Å²) in [6, 6.07) is 8.03. The van der Waals surface area contributed by atoms with Crippen LogP contribution in [0.15, 0.2) is 24.3 Å². The summed E-state index contributed by atoms with van der Waals surface area (Å²) in [5.41, 5.74) is 7.95. The second kappa shape index (κ2) is 6.01. The lowest BCUT2D eigenvalue weighted by atomic mass is 9.90. The highest BCUT2D eigenvalue weighted by Gasteiger charge is 2.24. The molecule has 1 aliphatic rings. The molecule has 3 heteroatoms. The Bertz CT molecular complexity index is 417. The molecule has 0 bridgehead atoms. The van der Waals surface area contributed by atoms with E-state index in [1.807, 2.05) is 24.3 Å². The standard InChI is InChI=1S/C15H22N2O/c1-2-11-7-3-4-8-12(11)15(18)17-14-10-6-5-9-13(14)16/h3-4,7-8,13-14H,2,5-6,9-10,16H2,1H3,(H,17,18). The highest BCUT2D eigenvalue weighted by atomic mass is 16.1. The molecular weight excluding hydrogens is 224 g/mol. The van der Waals surface area contributed by atoms with Gasteiger partial charge in [0.25, 0.3) is 5.91 Å². The number of carbonyl (C=O) groups is 1. The molecule has 1 aromatic carbocycles. The molecule has 98 valence electrons. The van der Waals surface area contributed by atoms with E-state index in [2.05, 4.69) is 12.2 Å². The van der Waals surface area contributed by atoms with Crippen molar-refractivity contribution in [3.63, 3.8) is 0 Å². The number of aryl methyl sites for hydroxylation is 1. The number of rotatable bonds is 3. The van der Waals surface area contributed by atoms with E-state index >= 15 is 0 Å². The van der Waals surface area contributed by atoms with Gasteiger partial charge in [0.05, 0.1) is 0 Å². The molecule has 1 saturated carbocycles. The van der Waals surface area contributed by atoms with E-state index in [4.69, 9.17) is 5.73 Å². The van der Waals surface area contributed by atoms with Gasteiger partial charge in [-0.25, -0.2) is 0 Å². The van der Waals surface area contributed by atoms with Gasteiger partial charge in [0.15, 0.2) is 0 Å². The molecule has 2 rings (SSSR count). The molecule has 0 heterocycles. The van der Waals surface area contributed by atoms with Crippen molar-refractivity contribution < 1.29 is 4.79 Å². The first kappa shape index (κ1) is 13.1. The lowest BCUT2D eigenvalue weighted by molar-refractivity contribution is 0.0920. The molecule has 0 aromatic heterocycles. The summed E-state index contributed by atoms with van der Waals surface area (Å²) in [5.74, 6) is 0.0230. The SMILES string of the molecule is CCc1ccccc1C(=O)NC1CCCCC1N. The average molecular weight is 246 g/mol. The van der Waals surface area contributed by atoms with E-state index < -0.39 is 0 Å². The Morgan fingerprint density at radius 1 is 1.33 bits per heavy atom. The minimum absolute atomic E-state index is 0.0230. The number of benzene rings is 1. The Kier molecular flexibility index (Phi) is 4.37. The van der Waals surface area contributed by atoms with Gasteiger partial charge >= 0.3 is 0 Å². The first-order valence-electron chi connectivity index (χ1n) is 6.86. The Morgan fingerprint density at radius 2 is 2.06 bits per heavy atom. The Morgan fingerprint density at radius 3 is 2.78 bits per heavy atom. The van der Waals surface area contributed by atoms with Crippen LogP contribution >= 0.6 is 0 Å². The molecule has 1 fully saturated rings. The van der Waals surface area contributed by atoms with E-state index in [1.54, 1.807) is 0 Å². The van der Waals surface area contributed by atoms with Crippen molar-refractivity contribution >= 4 is 5.91 Å². The van der Waals surface area contributed by atoms with E-state index in [0.29, 0.717) is 0 Å². The van der Waals surface area contributed by atoms with Crippen LogP contribution in [0, 0.1) is 0 Å². The third-order valence-corrected chi connectivity index (χ3v) is 3.78.